The van der Waals surface area contributed by atoms with Gasteiger partial charge >= 0.3 is 0 Å². The van der Waals surface area contributed by atoms with Gasteiger partial charge in [-0.1, -0.05) is 11.6 Å². The Hall–Kier alpha value is -1.52. The monoisotopic (exact) mass is 266 g/mol. The molecule has 0 bridgehead atoms. The minimum atomic E-state index is 0.517. The average molecular weight is 267 g/mol. The van der Waals surface area contributed by atoms with E-state index in [4.69, 9.17) is 26.5 Å². The number of methoxy groups -OCH3 is 1. The molecule has 0 aliphatic carbocycles. The Morgan fingerprint density at radius 2 is 2.22 bits per heavy atom. The van der Waals surface area contributed by atoms with E-state index in [2.05, 4.69) is 4.98 Å². The molecule has 1 aromatic heterocycles. The smallest absolute Gasteiger partial charge is 0.196 e. The number of hydrogen-bond acceptors (Lipinski definition) is 4. The van der Waals surface area contributed by atoms with Crippen molar-refractivity contribution < 1.29 is 9.15 Å². The predicted molar refractivity (Wildman–Crippen MR) is 71.0 cm³/mol. The van der Waals surface area contributed by atoms with Crippen LogP contribution < -0.4 is 10.5 Å². The Labute approximate surface area is 111 Å². The second-order valence-corrected chi connectivity index (χ2v) is 4.32. The first-order valence-electron chi connectivity index (χ1n) is 5.66. The van der Waals surface area contributed by atoms with E-state index in [9.17, 15) is 0 Å². The molecule has 18 heavy (non-hydrogen) atoms. The number of aryl methyl sites for hydroxylation is 1. The molecule has 0 atom stereocenters. The summed E-state index contributed by atoms with van der Waals surface area (Å²) in [7, 11) is 1.58. The molecule has 2 N–H and O–H groups in total. The van der Waals surface area contributed by atoms with Gasteiger partial charge in [0, 0.05) is 18.5 Å². The van der Waals surface area contributed by atoms with E-state index < -0.39 is 0 Å². The summed E-state index contributed by atoms with van der Waals surface area (Å²) in [4.78, 5) is 4.33. The highest BCUT2D eigenvalue weighted by molar-refractivity contribution is 6.32. The number of halogens is 1. The molecule has 2 rings (SSSR count). The second-order valence-electron chi connectivity index (χ2n) is 3.91. The Morgan fingerprint density at radius 1 is 1.44 bits per heavy atom. The largest absolute Gasteiger partial charge is 0.495 e. The maximum Gasteiger partial charge on any atom is 0.196 e. The first-order valence-corrected chi connectivity index (χ1v) is 6.03. The number of ether oxygens (including phenoxy) is 1. The third-order valence-electron chi connectivity index (χ3n) is 2.61. The summed E-state index contributed by atoms with van der Waals surface area (Å²) < 4.78 is 10.8. The van der Waals surface area contributed by atoms with Gasteiger partial charge < -0.3 is 14.9 Å². The van der Waals surface area contributed by atoms with Crippen LogP contribution in [0.4, 0.5) is 0 Å². The molecule has 0 radical (unpaired) electrons. The SMILES string of the molecule is COc1ccc(-c2oc(CCN)nc2C)cc1Cl. The third-order valence-corrected chi connectivity index (χ3v) is 2.91. The summed E-state index contributed by atoms with van der Waals surface area (Å²) in [5.41, 5.74) is 7.20. The normalized spacial score (nSPS) is 10.7. The summed E-state index contributed by atoms with van der Waals surface area (Å²) in [5.74, 6) is 2.01. The third kappa shape index (κ3) is 2.49. The number of oxazole rings is 1. The summed E-state index contributed by atoms with van der Waals surface area (Å²) in [6.07, 6.45) is 0.630. The highest BCUT2D eigenvalue weighted by atomic mass is 35.5. The minimum Gasteiger partial charge on any atom is -0.495 e. The van der Waals surface area contributed by atoms with Crippen LogP contribution in [-0.4, -0.2) is 18.6 Å². The number of aromatic nitrogens is 1. The van der Waals surface area contributed by atoms with Crippen molar-refractivity contribution in [2.24, 2.45) is 5.73 Å². The quantitative estimate of drug-likeness (QED) is 0.924. The maximum absolute atomic E-state index is 6.09. The van der Waals surface area contributed by atoms with E-state index in [1.807, 2.05) is 19.1 Å². The van der Waals surface area contributed by atoms with Crippen LogP contribution in [0.15, 0.2) is 22.6 Å². The van der Waals surface area contributed by atoms with Gasteiger partial charge in [0.25, 0.3) is 0 Å². The Balaban J connectivity index is 2.39. The van der Waals surface area contributed by atoms with Gasteiger partial charge in [-0.05, 0) is 25.1 Å². The van der Waals surface area contributed by atoms with Crippen molar-refractivity contribution in [1.29, 1.82) is 0 Å². The van der Waals surface area contributed by atoms with Crippen molar-refractivity contribution in [2.75, 3.05) is 13.7 Å². The van der Waals surface area contributed by atoms with Crippen molar-refractivity contribution >= 4 is 11.6 Å². The molecular formula is C13H15ClN2O2. The fourth-order valence-electron chi connectivity index (χ4n) is 1.76. The van der Waals surface area contributed by atoms with Crippen molar-refractivity contribution in [1.82, 2.24) is 4.98 Å². The summed E-state index contributed by atoms with van der Waals surface area (Å²) in [6.45, 7) is 2.42. The summed E-state index contributed by atoms with van der Waals surface area (Å²) >= 11 is 6.09. The van der Waals surface area contributed by atoms with Crippen molar-refractivity contribution in [3.63, 3.8) is 0 Å². The molecule has 0 unspecified atom stereocenters. The van der Waals surface area contributed by atoms with Crippen molar-refractivity contribution in [3.05, 3.63) is 34.8 Å². The zero-order valence-corrected chi connectivity index (χ0v) is 11.1. The van der Waals surface area contributed by atoms with Gasteiger partial charge in [0.1, 0.15) is 5.75 Å². The highest BCUT2D eigenvalue weighted by Crippen LogP contribution is 2.32. The van der Waals surface area contributed by atoms with Gasteiger partial charge in [0.05, 0.1) is 17.8 Å². The van der Waals surface area contributed by atoms with Gasteiger partial charge in [-0.3, -0.25) is 0 Å². The highest BCUT2D eigenvalue weighted by Gasteiger charge is 2.13. The van der Waals surface area contributed by atoms with E-state index >= 15 is 0 Å². The zero-order valence-electron chi connectivity index (χ0n) is 10.4. The molecule has 0 spiro atoms. The molecular weight excluding hydrogens is 252 g/mol. The lowest BCUT2D eigenvalue weighted by molar-refractivity contribution is 0.415. The van der Waals surface area contributed by atoms with Crippen LogP contribution in [0.25, 0.3) is 11.3 Å². The molecule has 4 nitrogen and oxygen atoms in total. The van der Waals surface area contributed by atoms with E-state index in [1.54, 1.807) is 13.2 Å². The topological polar surface area (TPSA) is 61.3 Å². The molecule has 2 aromatic rings. The van der Waals surface area contributed by atoms with Crippen LogP contribution in [0.5, 0.6) is 5.75 Å². The molecule has 0 saturated heterocycles. The predicted octanol–water partition coefficient (Wildman–Crippen LogP) is 2.81. The maximum atomic E-state index is 6.09. The Morgan fingerprint density at radius 3 is 2.83 bits per heavy atom. The van der Waals surface area contributed by atoms with Gasteiger partial charge in [-0.25, -0.2) is 4.98 Å². The molecule has 0 aliphatic heterocycles. The lowest BCUT2D eigenvalue weighted by Crippen LogP contribution is -2.02. The van der Waals surface area contributed by atoms with Crippen molar-refractivity contribution in [2.45, 2.75) is 13.3 Å². The van der Waals surface area contributed by atoms with Crippen LogP contribution in [0, 0.1) is 6.92 Å². The summed E-state index contributed by atoms with van der Waals surface area (Å²) in [5, 5.41) is 0.547. The number of nitrogens with two attached hydrogens (primary N) is 1. The average Bonchev–Trinajstić information content (AvgIpc) is 2.71. The zero-order chi connectivity index (χ0) is 13.1. The molecule has 1 aromatic carbocycles. The molecule has 0 saturated carbocycles. The molecule has 96 valence electrons. The first-order chi connectivity index (χ1) is 8.65. The van der Waals surface area contributed by atoms with Crippen molar-refractivity contribution in [3.8, 4) is 17.1 Å². The van der Waals surface area contributed by atoms with Crippen LogP contribution in [0.1, 0.15) is 11.6 Å². The first kappa shape index (κ1) is 12.9. The fraction of sp³-hybridized carbons (Fsp3) is 0.308. The standard InChI is InChI=1S/C13H15ClN2O2/c1-8-13(18-12(16-8)5-6-15)9-3-4-11(17-2)10(14)7-9/h3-4,7H,5-6,15H2,1-2H3. The van der Waals surface area contributed by atoms with Gasteiger partial charge in [0.15, 0.2) is 11.7 Å². The molecule has 0 fully saturated rings. The number of benzene rings is 1. The van der Waals surface area contributed by atoms with E-state index in [-0.39, 0.29) is 0 Å². The fourth-order valence-corrected chi connectivity index (χ4v) is 2.02. The molecule has 1 heterocycles. The van der Waals surface area contributed by atoms with Gasteiger partial charge in [0.2, 0.25) is 0 Å². The number of nitrogens with zero attached hydrogens (tertiary/aromatic N) is 1. The number of hydrogen-bond donors (Lipinski definition) is 1. The Bertz CT molecular complexity index is 552. The summed E-state index contributed by atoms with van der Waals surface area (Å²) in [6, 6.07) is 5.51. The Kier molecular flexibility index (Phi) is 3.89. The van der Waals surface area contributed by atoms with Crippen LogP contribution >= 0.6 is 11.6 Å². The minimum absolute atomic E-state index is 0.517. The molecule has 0 amide bonds. The van der Waals surface area contributed by atoms with Gasteiger partial charge in [-0.2, -0.15) is 0 Å². The van der Waals surface area contributed by atoms with E-state index in [0.717, 1.165) is 17.0 Å². The van der Waals surface area contributed by atoms with Crippen LogP contribution in [0.3, 0.4) is 0 Å². The number of rotatable bonds is 4. The lowest BCUT2D eigenvalue weighted by Gasteiger charge is -2.04. The van der Waals surface area contributed by atoms with Gasteiger partial charge in [-0.15, -0.1) is 0 Å². The molecule has 0 aliphatic rings. The lowest BCUT2D eigenvalue weighted by atomic mass is 10.1. The van der Waals surface area contributed by atoms with Crippen LogP contribution in [0.2, 0.25) is 5.02 Å². The van der Waals surface area contributed by atoms with E-state index in [1.165, 1.54) is 0 Å². The molecule has 5 heteroatoms. The van der Waals surface area contributed by atoms with E-state index in [0.29, 0.717) is 29.6 Å². The van der Waals surface area contributed by atoms with Crippen LogP contribution in [-0.2, 0) is 6.42 Å². The second kappa shape index (κ2) is 5.42.